The van der Waals surface area contributed by atoms with Gasteiger partial charge in [-0.15, -0.1) is 0 Å². The van der Waals surface area contributed by atoms with Crippen molar-refractivity contribution in [2.24, 2.45) is 5.73 Å². The quantitative estimate of drug-likeness (QED) is 0.509. The summed E-state index contributed by atoms with van der Waals surface area (Å²) in [6.07, 6.45) is 4.04. The Hall–Kier alpha value is -1.43. The highest BCUT2D eigenvalue weighted by molar-refractivity contribution is 7.80. The minimum Gasteiger partial charge on any atom is -0.393 e. The third kappa shape index (κ3) is 3.98. The summed E-state index contributed by atoms with van der Waals surface area (Å²) in [5.74, 6) is -0.0958. The van der Waals surface area contributed by atoms with Crippen molar-refractivity contribution < 1.29 is 4.79 Å². The number of hydrogen-bond donors (Lipinski definition) is 3. The second-order valence-electron chi connectivity index (χ2n) is 3.59. The molecule has 0 saturated carbocycles. The van der Waals surface area contributed by atoms with E-state index in [1.165, 1.54) is 6.20 Å². The molecule has 0 fully saturated rings. The zero-order valence-electron chi connectivity index (χ0n) is 9.25. The molecule has 1 aromatic heterocycles. The van der Waals surface area contributed by atoms with Crippen molar-refractivity contribution in [3.8, 4) is 0 Å². The van der Waals surface area contributed by atoms with Crippen LogP contribution in [-0.2, 0) is 0 Å². The summed E-state index contributed by atoms with van der Waals surface area (Å²) in [6.45, 7) is 2.45. The van der Waals surface area contributed by atoms with Gasteiger partial charge in [-0.25, -0.2) is 0 Å². The van der Waals surface area contributed by atoms with Crippen LogP contribution in [0.1, 0.15) is 35.3 Å². The maximum absolute atomic E-state index is 11.6. The number of amides is 1. The normalized spacial score (nSPS) is 10.1. The highest BCUT2D eigenvalue weighted by Gasteiger charge is 2.09. The highest BCUT2D eigenvalue weighted by atomic mass is 32.1. The molecule has 0 aliphatic heterocycles. The van der Waals surface area contributed by atoms with Crippen LogP contribution in [-0.4, -0.2) is 27.6 Å². The van der Waals surface area contributed by atoms with Crippen LogP contribution in [0.15, 0.2) is 6.20 Å². The zero-order chi connectivity index (χ0) is 12.0. The highest BCUT2D eigenvalue weighted by Crippen LogP contribution is 2.02. The first-order valence-corrected chi connectivity index (χ1v) is 5.58. The lowest BCUT2D eigenvalue weighted by Gasteiger charge is -2.03. The Morgan fingerprint density at radius 3 is 2.94 bits per heavy atom. The van der Waals surface area contributed by atoms with Crippen molar-refractivity contribution in [1.29, 1.82) is 0 Å². The van der Waals surface area contributed by atoms with Gasteiger partial charge in [-0.05, 0) is 26.2 Å². The van der Waals surface area contributed by atoms with Crippen LogP contribution in [0.4, 0.5) is 0 Å². The molecule has 0 saturated heterocycles. The number of nitrogens with one attached hydrogen (secondary N) is 2. The molecule has 0 aliphatic rings. The molecule has 1 heterocycles. The van der Waals surface area contributed by atoms with Crippen LogP contribution in [0.3, 0.4) is 0 Å². The molecule has 0 unspecified atom stereocenters. The van der Waals surface area contributed by atoms with Crippen LogP contribution in [0.5, 0.6) is 0 Å². The van der Waals surface area contributed by atoms with Crippen molar-refractivity contribution in [1.82, 2.24) is 15.5 Å². The third-order valence-electron chi connectivity index (χ3n) is 2.21. The van der Waals surface area contributed by atoms with Crippen LogP contribution in [0.2, 0.25) is 0 Å². The molecule has 88 valence electrons. The maximum Gasteiger partial charge on any atom is 0.254 e. The number of hydrogen-bond acceptors (Lipinski definition) is 3. The Balaban J connectivity index is 2.21. The average molecular weight is 240 g/mol. The molecule has 16 heavy (non-hydrogen) atoms. The summed E-state index contributed by atoms with van der Waals surface area (Å²) in [5, 5.41) is 9.33. The summed E-state index contributed by atoms with van der Waals surface area (Å²) in [5.41, 5.74) is 6.73. The molecule has 1 amide bonds. The summed E-state index contributed by atoms with van der Waals surface area (Å²) in [6, 6.07) is 0. The number of H-pyrrole nitrogens is 1. The van der Waals surface area contributed by atoms with E-state index >= 15 is 0 Å². The number of unbranched alkanes of at least 4 members (excludes halogenated alkanes) is 1. The van der Waals surface area contributed by atoms with Crippen molar-refractivity contribution >= 4 is 23.1 Å². The van der Waals surface area contributed by atoms with Gasteiger partial charge in [-0.3, -0.25) is 9.89 Å². The number of nitrogens with two attached hydrogens (primary N) is 1. The van der Waals surface area contributed by atoms with Gasteiger partial charge in [-0.2, -0.15) is 5.10 Å². The maximum atomic E-state index is 11.6. The lowest BCUT2D eigenvalue weighted by molar-refractivity contribution is 0.0952. The predicted octanol–water partition coefficient (Wildman–Crippen LogP) is 0.904. The average Bonchev–Trinajstić information content (AvgIpc) is 2.63. The topological polar surface area (TPSA) is 83.8 Å². The van der Waals surface area contributed by atoms with E-state index in [1.54, 1.807) is 0 Å². The fourth-order valence-electron chi connectivity index (χ4n) is 1.30. The van der Waals surface area contributed by atoms with Gasteiger partial charge < -0.3 is 11.1 Å². The van der Waals surface area contributed by atoms with Gasteiger partial charge >= 0.3 is 0 Å². The summed E-state index contributed by atoms with van der Waals surface area (Å²) in [7, 11) is 0. The number of nitrogens with zero attached hydrogens (tertiary/aromatic N) is 1. The molecule has 5 nitrogen and oxygen atoms in total. The van der Waals surface area contributed by atoms with E-state index in [-0.39, 0.29) is 5.91 Å². The zero-order valence-corrected chi connectivity index (χ0v) is 10.1. The Morgan fingerprint density at radius 2 is 2.38 bits per heavy atom. The van der Waals surface area contributed by atoms with Crippen LogP contribution in [0.25, 0.3) is 0 Å². The lowest BCUT2D eigenvalue weighted by Crippen LogP contribution is -2.24. The number of carbonyl (C=O) groups excluding carboxylic acids is 1. The number of carbonyl (C=O) groups is 1. The van der Waals surface area contributed by atoms with Gasteiger partial charge in [0, 0.05) is 12.2 Å². The van der Waals surface area contributed by atoms with E-state index in [4.69, 9.17) is 18.0 Å². The summed E-state index contributed by atoms with van der Waals surface area (Å²) < 4.78 is 0. The SMILES string of the molecule is Cc1[nH]ncc1C(=O)NCCCCC(N)=S. The van der Waals surface area contributed by atoms with E-state index in [0.717, 1.165) is 25.0 Å². The summed E-state index contributed by atoms with van der Waals surface area (Å²) >= 11 is 4.76. The Labute approximate surface area is 99.8 Å². The molecule has 4 N–H and O–H groups in total. The van der Waals surface area contributed by atoms with Gasteiger partial charge in [0.2, 0.25) is 0 Å². The molecule has 0 bridgehead atoms. The first kappa shape index (κ1) is 12.6. The second kappa shape index (κ2) is 6.22. The van der Waals surface area contributed by atoms with E-state index in [0.29, 0.717) is 17.1 Å². The number of thiocarbonyl (C=S) groups is 1. The molecule has 0 atom stereocenters. The number of aryl methyl sites for hydroxylation is 1. The smallest absolute Gasteiger partial charge is 0.254 e. The standard InChI is InChI=1S/C10H16N4OS/c1-7-8(6-13-14-7)10(15)12-5-3-2-4-9(11)16/h6H,2-5H2,1H3,(H2,11,16)(H,12,15)(H,13,14). The van der Waals surface area contributed by atoms with E-state index in [9.17, 15) is 4.79 Å². The van der Waals surface area contributed by atoms with Crippen molar-refractivity contribution in [2.75, 3.05) is 6.54 Å². The van der Waals surface area contributed by atoms with Crippen molar-refractivity contribution in [3.63, 3.8) is 0 Å². The minimum atomic E-state index is -0.0958. The molecule has 0 aliphatic carbocycles. The molecular weight excluding hydrogens is 224 g/mol. The van der Waals surface area contributed by atoms with Gasteiger partial charge in [0.15, 0.2) is 0 Å². The van der Waals surface area contributed by atoms with E-state index in [2.05, 4.69) is 15.5 Å². The molecule has 0 radical (unpaired) electrons. The molecule has 0 spiro atoms. The third-order valence-corrected chi connectivity index (χ3v) is 2.41. The van der Waals surface area contributed by atoms with Crippen molar-refractivity contribution in [2.45, 2.75) is 26.2 Å². The van der Waals surface area contributed by atoms with Gasteiger partial charge in [0.25, 0.3) is 5.91 Å². The molecule has 1 rings (SSSR count). The second-order valence-corrected chi connectivity index (χ2v) is 4.11. The molecular formula is C10H16N4OS. The fourth-order valence-corrected chi connectivity index (χ4v) is 1.45. The number of aromatic amines is 1. The van der Waals surface area contributed by atoms with E-state index < -0.39 is 0 Å². The van der Waals surface area contributed by atoms with Gasteiger partial charge in [0.1, 0.15) is 0 Å². The summed E-state index contributed by atoms with van der Waals surface area (Å²) in [4.78, 5) is 12.1. The Bertz CT molecular complexity index is 375. The first-order valence-electron chi connectivity index (χ1n) is 5.17. The fraction of sp³-hybridized carbons (Fsp3) is 0.500. The molecule has 0 aromatic carbocycles. The largest absolute Gasteiger partial charge is 0.393 e. The molecule has 6 heteroatoms. The Morgan fingerprint density at radius 1 is 1.62 bits per heavy atom. The van der Waals surface area contributed by atoms with Gasteiger partial charge in [0.05, 0.1) is 16.7 Å². The predicted molar refractivity (Wildman–Crippen MR) is 66.3 cm³/mol. The lowest BCUT2D eigenvalue weighted by atomic mass is 10.2. The Kier molecular flexibility index (Phi) is 4.91. The van der Waals surface area contributed by atoms with Crippen molar-refractivity contribution in [3.05, 3.63) is 17.5 Å². The first-order chi connectivity index (χ1) is 7.61. The number of aromatic nitrogens is 2. The van der Waals surface area contributed by atoms with Crippen LogP contribution < -0.4 is 11.1 Å². The minimum absolute atomic E-state index is 0.0958. The molecule has 1 aromatic rings. The van der Waals surface area contributed by atoms with Crippen LogP contribution in [0, 0.1) is 6.92 Å². The number of rotatable bonds is 6. The monoisotopic (exact) mass is 240 g/mol. The van der Waals surface area contributed by atoms with Crippen LogP contribution >= 0.6 is 12.2 Å². The van der Waals surface area contributed by atoms with E-state index in [1.807, 2.05) is 6.92 Å². The van der Waals surface area contributed by atoms with Gasteiger partial charge in [-0.1, -0.05) is 12.2 Å².